The zero-order valence-corrected chi connectivity index (χ0v) is 8.42. The van der Waals surface area contributed by atoms with Gasteiger partial charge in [0, 0.05) is 6.04 Å². The lowest BCUT2D eigenvalue weighted by molar-refractivity contribution is 0.150. The van der Waals surface area contributed by atoms with Crippen molar-refractivity contribution in [2.45, 2.75) is 38.1 Å². The van der Waals surface area contributed by atoms with Crippen LogP contribution in [0.4, 0.5) is 0 Å². The highest BCUT2D eigenvalue weighted by atomic mass is 15.1. The zero-order chi connectivity index (χ0) is 8.97. The molecule has 0 spiro atoms. The van der Waals surface area contributed by atoms with Crippen molar-refractivity contribution in [1.82, 2.24) is 4.90 Å². The summed E-state index contributed by atoms with van der Waals surface area (Å²) < 4.78 is 0. The van der Waals surface area contributed by atoms with E-state index in [9.17, 15) is 0 Å². The van der Waals surface area contributed by atoms with E-state index in [1.807, 2.05) is 0 Å². The molecular formula is C10H22N2. The second kappa shape index (κ2) is 4.83. The summed E-state index contributed by atoms with van der Waals surface area (Å²) >= 11 is 0. The van der Waals surface area contributed by atoms with Crippen LogP contribution in [-0.4, -0.2) is 31.6 Å². The third-order valence-electron chi connectivity index (χ3n) is 3.07. The molecule has 72 valence electrons. The average Bonchev–Trinajstić information content (AvgIpc) is 2.05. The number of hydrogen-bond donors (Lipinski definition) is 1. The Balaban J connectivity index is 2.42. The number of nitrogens with two attached hydrogens (primary N) is 1. The Morgan fingerprint density at radius 1 is 1.25 bits per heavy atom. The van der Waals surface area contributed by atoms with Crippen LogP contribution in [0.25, 0.3) is 0 Å². The van der Waals surface area contributed by atoms with E-state index in [0.29, 0.717) is 0 Å². The van der Waals surface area contributed by atoms with Gasteiger partial charge in [0.15, 0.2) is 0 Å². The van der Waals surface area contributed by atoms with Crippen LogP contribution in [0.1, 0.15) is 32.1 Å². The van der Waals surface area contributed by atoms with Gasteiger partial charge < -0.3 is 10.6 Å². The fraction of sp³-hybridized carbons (Fsp3) is 1.00. The molecule has 1 rings (SSSR count). The first kappa shape index (κ1) is 10.0. The van der Waals surface area contributed by atoms with E-state index in [0.717, 1.165) is 18.5 Å². The molecule has 0 aliphatic heterocycles. The summed E-state index contributed by atoms with van der Waals surface area (Å²) in [4.78, 5) is 2.37. The lowest BCUT2D eigenvalue weighted by Gasteiger charge is -2.36. The molecule has 1 fully saturated rings. The molecule has 0 bridgehead atoms. The average molecular weight is 170 g/mol. The summed E-state index contributed by atoms with van der Waals surface area (Å²) in [6.45, 7) is 0.856. The molecule has 2 N–H and O–H groups in total. The highest BCUT2D eigenvalue weighted by Gasteiger charge is 2.25. The van der Waals surface area contributed by atoms with Gasteiger partial charge in [-0.05, 0) is 45.8 Å². The minimum absolute atomic E-state index is 0.794. The summed E-state index contributed by atoms with van der Waals surface area (Å²) in [6.07, 6.45) is 6.79. The van der Waals surface area contributed by atoms with Crippen LogP contribution in [-0.2, 0) is 0 Å². The maximum atomic E-state index is 5.60. The lowest BCUT2D eigenvalue weighted by atomic mass is 9.82. The van der Waals surface area contributed by atoms with Crippen molar-refractivity contribution in [1.29, 1.82) is 0 Å². The number of rotatable bonds is 3. The summed E-state index contributed by atoms with van der Waals surface area (Å²) in [7, 11) is 4.39. The summed E-state index contributed by atoms with van der Waals surface area (Å²) in [6, 6.07) is 0.794. The molecule has 2 unspecified atom stereocenters. The third kappa shape index (κ3) is 2.46. The molecule has 1 aliphatic carbocycles. The molecule has 2 atom stereocenters. The van der Waals surface area contributed by atoms with Gasteiger partial charge in [0.1, 0.15) is 0 Å². The van der Waals surface area contributed by atoms with Crippen LogP contribution >= 0.6 is 0 Å². The van der Waals surface area contributed by atoms with Crippen molar-refractivity contribution in [3.63, 3.8) is 0 Å². The minimum Gasteiger partial charge on any atom is -0.330 e. The quantitative estimate of drug-likeness (QED) is 0.694. The van der Waals surface area contributed by atoms with E-state index in [-0.39, 0.29) is 0 Å². The zero-order valence-electron chi connectivity index (χ0n) is 8.42. The van der Waals surface area contributed by atoms with Crippen LogP contribution in [0.2, 0.25) is 0 Å². The van der Waals surface area contributed by atoms with E-state index < -0.39 is 0 Å². The van der Waals surface area contributed by atoms with Gasteiger partial charge >= 0.3 is 0 Å². The highest BCUT2D eigenvalue weighted by molar-refractivity contribution is 4.80. The van der Waals surface area contributed by atoms with Gasteiger partial charge in [0.25, 0.3) is 0 Å². The van der Waals surface area contributed by atoms with Gasteiger partial charge in [0.2, 0.25) is 0 Å². The standard InChI is InChI=1S/C10H22N2/c1-12(2)10-6-4-3-5-9(10)7-8-11/h9-10H,3-8,11H2,1-2H3. The van der Waals surface area contributed by atoms with Crippen molar-refractivity contribution in [3.8, 4) is 0 Å². The Bertz CT molecular complexity index is 121. The molecule has 0 heterocycles. The Labute approximate surface area is 76.1 Å². The van der Waals surface area contributed by atoms with Crippen LogP contribution in [0.15, 0.2) is 0 Å². The van der Waals surface area contributed by atoms with Gasteiger partial charge in [0.05, 0.1) is 0 Å². The smallest absolute Gasteiger partial charge is 0.0118 e. The molecule has 1 saturated carbocycles. The first-order valence-electron chi connectivity index (χ1n) is 5.12. The molecule has 0 amide bonds. The van der Waals surface area contributed by atoms with Crippen LogP contribution in [0, 0.1) is 5.92 Å². The molecule has 0 radical (unpaired) electrons. The van der Waals surface area contributed by atoms with Gasteiger partial charge in [-0.3, -0.25) is 0 Å². The molecule has 0 aromatic carbocycles. The third-order valence-corrected chi connectivity index (χ3v) is 3.07. The monoisotopic (exact) mass is 170 g/mol. The Hall–Kier alpha value is -0.0800. The topological polar surface area (TPSA) is 29.3 Å². The number of nitrogens with zero attached hydrogens (tertiary/aromatic N) is 1. The van der Waals surface area contributed by atoms with Crippen molar-refractivity contribution in [2.75, 3.05) is 20.6 Å². The van der Waals surface area contributed by atoms with E-state index >= 15 is 0 Å². The second-order valence-electron chi connectivity index (χ2n) is 4.15. The largest absolute Gasteiger partial charge is 0.330 e. The first-order chi connectivity index (χ1) is 5.75. The molecule has 0 aromatic heterocycles. The first-order valence-corrected chi connectivity index (χ1v) is 5.12. The van der Waals surface area contributed by atoms with Crippen molar-refractivity contribution >= 4 is 0 Å². The highest BCUT2D eigenvalue weighted by Crippen LogP contribution is 2.29. The molecule has 1 aliphatic rings. The molecule has 2 nitrogen and oxygen atoms in total. The summed E-state index contributed by atoms with van der Waals surface area (Å²) in [5, 5.41) is 0. The van der Waals surface area contributed by atoms with Crippen LogP contribution in [0.5, 0.6) is 0 Å². The fourth-order valence-electron chi connectivity index (χ4n) is 2.42. The Kier molecular flexibility index (Phi) is 4.02. The van der Waals surface area contributed by atoms with E-state index in [1.165, 1.54) is 32.1 Å². The van der Waals surface area contributed by atoms with Crippen molar-refractivity contribution in [2.24, 2.45) is 11.7 Å². The minimum atomic E-state index is 0.794. The normalized spacial score (nSPS) is 31.0. The van der Waals surface area contributed by atoms with Crippen molar-refractivity contribution in [3.05, 3.63) is 0 Å². The fourth-order valence-corrected chi connectivity index (χ4v) is 2.42. The summed E-state index contributed by atoms with van der Waals surface area (Å²) in [5.41, 5.74) is 5.60. The number of hydrogen-bond acceptors (Lipinski definition) is 2. The van der Waals surface area contributed by atoms with E-state index in [1.54, 1.807) is 0 Å². The SMILES string of the molecule is CN(C)C1CCCCC1CCN. The Morgan fingerprint density at radius 3 is 2.50 bits per heavy atom. The van der Waals surface area contributed by atoms with E-state index in [2.05, 4.69) is 19.0 Å². The van der Waals surface area contributed by atoms with Gasteiger partial charge in [-0.15, -0.1) is 0 Å². The van der Waals surface area contributed by atoms with E-state index in [4.69, 9.17) is 5.73 Å². The van der Waals surface area contributed by atoms with Crippen LogP contribution < -0.4 is 5.73 Å². The predicted octanol–water partition coefficient (Wildman–Crippen LogP) is 1.46. The van der Waals surface area contributed by atoms with Crippen molar-refractivity contribution < 1.29 is 0 Å². The molecule has 0 saturated heterocycles. The maximum absolute atomic E-state index is 5.60. The van der Waals surface area contributed by atoms with Crippen LogP contribution in [0.3, 0.4) is 0 Å². The molecule has 0 aromatic rings. The molecule has 2 heteroatoms. The van der Waals surface area contributed by atoms with Gasteiger partial charge in [-0.25, -0.2) is 0 Å². The summed E-state index contributed by atoms with van der Waals surface area (Å²) in [5.74, 6) is 0.860. The molecule has 12 heavy (non-hydrogen) atoms. The molecular weight excluding hydrogens is 148 g/mol. The second-order valence-corrected chi connectivity index (χ2v) is 4.15. The van der Waals surface area contributed by atoms with Gasteiger partial charge in [-0.2, -0.15) is 0 Å². The Morgan fingerprint density at radius 2 is 1.92 bits per heavy atom. The maximum Gasteiger partial charge on any atom is 0.0118 e. The van der Waals surface area contributed by atoms with Gasteiger partial charge in [-0.1, -0.05) is 12.8 Å². The predicted molar refractivity (Wildman–Crippen MR) is 53.1 cm³/mol. The lowest BCUT2D eigenvalue weighted by Crippen LogP contribution is -2.38.